The van der Waals surface area contributed by atoms with Crippen LogP contribution in [0, 0.1) is 12.7 Å². The molecule has 0 unspecified atom stereocenters. The number of benzene rings is 1. The lowest BCUT2D eigenvalue weighted by Gasteiger charge is -2.38. The first-order valence-corrected chi connectivity index (χ1v) is 11.2. The number of piperidine rings is 1. The minimum Gasteiger partial charge on any atom is -0.361 e. The van der Waals surface area contributed by atoms with Crippen LogP contribution < -0.4 is 5.32 Å². The molecule has 3 aromatic rings. The zero-order valence-electron chi connectivity index (χ0n) is 18.4. The first kappa shape index (κ1) is 20.7. The van der Waals surface area contributed by atoms with Crippen LogP contribution in [0.5, 0.6) is 0 Å². The molecule has 0 spiro atoms. The number of hydrogen-bond acceptors (Lipinski definition) is 4. The lowest BCUT2D eigenvalue weighted by atomic mass is 9.77. The third kappa shape index (κ3) is 3.99. The van der Waals surface area contributed by atoms with Gasteiger partial charge in [-0.15, -0.1) is 0 Å². The summed E-state index contributed by atoms with van der Waals surface area (Å²) in [5, 5.41) is 7.13. The van der Waals surface area contributed by atoms with Gasteiger partial charge in [0.15, 0.2) is 0 Å². The quantitative estimate of drug-likeness (QED) is 0.576. The predicted octanol–water partition coefficient (Wildman–Crippen LogP) is 5.65. The van der Waals surface area contributed by atoms with E-state index in [4.69, 9.17) is 4.52 Å². The Bertz CT molecular complexity index is 1130. The fourth-order valence-corrected chi connectivity index (χ4v) is 4.30. The minimum absolute atomic E-state index is 0.121. The molecule has 2 fully saturated rings. The first-order chi connectivity index (χ1) is 15.4. The maximum Gasteiger partial charge on any atom is 0.321 e. The number of nitrogens with one attached hydrogen (secondary N) is 1. The lowest BCUT2D eigenvalue weighted by Crippen LogP contribution is -2.45. The van der Waals surface area contributed by atoms with Crippen LogP contribution in [0.3, 0.4) is 0 Å². The Morgan fingerprint density at radius 3 is 2.69 bits per heavy atom. The molecule has 1 saturated carbocycles. The van der Waals surface area contributed by atoms with Gasteiger partial charge < -0.3 is 14.7 Å². The number of amides is 2. The Balaban J connectivity index is 1.28. The summed E-state index contributed by atoms with van der Waals surface area (Å²) in [6.07, 6.45) is 5.61. The van der Waals surface area contributed by atoms with Gasteiger partial charge in [0.25, 0.3) is 0 Å². The summed E-state index contributed by atoms with van der Waals surface area (Å²) in [5.41, 5.74) is 3.29. The molecule has 0 radical (unpaired) electrons. The molecule has 32 heavy (non-hydrogen) atoms. The van der Waals surface area contributed by atoms with Crippen LogP contribution in [0.2, 0.25) is 0 Å². The fraction of sp³-hybridized carbons (Fsp3) is 0.400. The molecular weight excluding hydrogens is 407 g/mol. The molecule has 1 saturated heterocycles. The second-order valence-corrected chi connectivity index (χ2v) is 9.22. The zero-order chi connectivity index (χ0) is 22.3. The van der Waals surface area contributed by atoms with E-state index in [0.717, 1.165) is 35.6 Å². The van der Waals surface area contributed by atoms with E-state index in [1.807, 2.05) is 19.1 Å². The number of nitrogens with zero attached hydrogens (tertiary/aromatic N) is 3. The van der Waals surface area contributed by atoms with Crippen LogP contribution >= 0.6 is 0 Å². The number of pyridine rings is 1. The van der Waals surface area contributed by atoms with Crippen molar-refractivity contribution in [2.45, 2.75) is 50.9 Å². The number of aryl methyl sites for hydroxylation is 1. The van der Waals surface area contributed by atoms with E-state index >= 15 is 0 Å². The molecule has 1 aliphatic heterocycles. The van der Waals surface area contributed by atoms with Crippen LogP contribution in [0.15, 0.2) is 47.1 Å². The van der Waals surface area contributed by atoms with Crippen molar-refractivity contribution in [2.75, 3.05) is 18.4 Å². The number of anilines is 1. The molecule has 3 heterocycles. The van der Waals surface area contributed by atoms with Gasteiger partial charge in [-0.3, -0.25) is 4.98 Å². The summed E-state index contributed by atoms with van der Waals surface area (Å²) in [6.45, 7) is 5.22. The molecule has 0 atom stereocenters. The second kappa shape index (κ2) is 8.04. The summed E-state index contributed by atoms with van der Waals surface area (Å²) in [7, 11) is 0. The summed E-state index contributed by atoms with van der Waals surface area (Å²) in [5.74, 6) is 1.05. The van der Waals surface area contributed by atoms with Crippen LogP contribution in [-0.2, 0) is 5.41 Å². The van der Waals surface area contributed by atoms with E-state index in [1.54, 1.807) is 23.2 Å². The van der Waals surface area contributed by atoms with Crippen molar-refractivity contribution in [1.82, 2.24) is 15.0 Å². The zero-order valence-corrected chi connectivity index (χ0v) is 18.4. The van der Waals surface area contributed by atoms with E-state index in [9.17, 15) is 9.18 Å². The maximum atomic E-state index is 14.7. The molecule has 1 aromatic carbocycles. The second-order valence-electron chi connectivity index (χ2n) is 9.22. The lowest BCUT2D eigenvalue weighted by molar-refractivity contribution is 0.170. The van der Waals surface area contributed by atoms with E-state index in [1.165, 1.54) is 18.9 Å². The van der Waals surface area contributed by atoms with E-state index in [-0.39, 0.29) is 17.1 Å². The highest BCUT2D eigenvalue weighted by Crippen LogP contribution is 2.43. The van der Waals surface area contributed by atoms with E-state index in [2.05, 4.69) is 28.4 Å². The number of urea groups is 1. The Morgan fingerprint density at radius 1 is 1.22 bits per heavy atom. The summed E-state index contributed by atoms with van der Waals surface area (Å²) < 4.78 is 20.2. The largest absolute Gasteiger partial charge is 0.361 e. The number of aromatic nitrogens is 2. The minimum atomic E-state index is -0.464. The van der Waals surface area contributed by atoms with Gasteiger partial charge in [-0.1, -0.05) is 30.3 Å². The van der Waals surface area contributed by atoms with Gasteiger partial charge in [-0.05, 0) is 44.7 Å². The molecule has 5 rings (SSSR count). The maximum absolute atomic E-state index is 14.7. The van der Waals surface area contributed by atoms with Gasteiger partial charge in [0, 0.05) is 53.5 Å². The standard InChI is InChI=1S/C25H27FN4O2/c1-16-6-7-18(15-27-16)19-4-3-5-20(26)23(19)28-24(31)30-12-10-25(2,11-13-30)22-14-21(32-29-22)17-8-9-17/h3-7,14-15,17H,8-13H2,1-2H3,(H,28,31). The van der Waals surface area contributed by atoms with Gasteiger partial charge >= 0.3 is 6.03 Å². The third-order valence-electron chi connectivity index (χ3n) is 6.75. The van der Waals surface area contributed by atoms with Crippen molar-refractivity contribution in [3.05, 3.63) is 65.6 Å². The molecule has 2 aromatic heterocycles. The van der Waals surface area contributed by atoms with Gasteiger partial charge in [0.1, 0.15) is 11.6 Å². The number of para-hydroxylation sites is 1. The molecular formula is C25H27FN4O2. The van der Waals surface area contributed by atoms with Gasteiger partial charge in [0.2, 0.25) is 0 Å². The van der Waals surface area contributed by atoms with E-state index < -0.39 is 5.82 Å². The van der Waals surface area contributed by atoms with Crippen molar-refractivity contribution in [2.24, 2.45) is 0 Å². The number of carbonyl (C=O) groups excluding carboxylic acids is 1. The van der Waals surface area contributed by atoms with E-state index in [0.29, 0.717) is 24.6 Å². The van der Waals surface area contributed by atoms with Gasteiger partial charge in [-0.25, -0.2) is 9.18 Å². The number of likely N-dealkylation sites (tertiary alicyclic amines) is 1. The predicted molar refractivity (Wildman–Crippen MR) is 120 cm³/mol. The van der Waals surface area contributed by atoms with Crippen LogP contribution in [-0.4, -0.2) is 34.2 Å². The van der Waals surface area contributed by atoms with Crippen molar-refractivity contribution < 1.29 is 13.7 Å². The average Bonchev–Trinajstić information content (AvgIpc) is 3.52. The number of carbonyl (C=O) groups is 1. The highest BCUT2D eigenvalue weighted by atomic mass is 19.1. The van der Waals surface area contributed by atoms with Crippen LogP contribution in [0.1, 0.15) is 55.7 Å². The molecule has 166 valence electrons. The molecule has 6 nitrogen and oxygen atoms in total. The highest BCUT2D eigenvalue weighted by molar-refractivity contribution is 5.94. The SMILES string of the molecule is Cc1ccc(-c2cccc(F)c2NC(=O)N2CCC(C)(c3cc(C4CC4)on3)CC2)cn1. The monoisotopic (exact) mass is 434 g/mol. The Morgan fingerprint density at radius 2 is 2.00 bits per heavy atom. The van der Waals surface area contributed by atoms with Crippen LogP contribution in [0.25, 0.3) is 11.1 Å². The number of rotatable bonds is 4. The molecule has 7 heteroatoms. The molecule has 0 bridgehead atoms. The first-order valence-electron chi connectivity index (χ1n) is 11.2. The summed E-state index contributed by atoms with van der Waals surface area (Å²) in [4.78, 5) is 19.0. The van der Waals surface area contributed by atoms with Crippen molar-refractivity contribution in [1.29, 1.82) is 0 Å². The highest BCUT2D eigenvalue weighted by Gasteiger charge is 2.38. The normalized spacial score (nSPS) is 17.9. The Labute approximate surface area is 186 Å². The number of hydrogen-bond donors (Lipinski definition) is 1. The molecule has 1 aliphatic carbocycles. The molecule has 2 aliphatic rings. The number of halogens is 1. The Kier molecular flexibility index (Phi) is 5.19. The molecule has 1 N–H and O–H groups in total. The summed E-state index contributed by atoms with van der Waals surface area (Å²) >= 11 is 0. The van der Waals surface area contributed by atoms with Crippen molar-refractivity contribution >= 4 is 11.7 Å². The van der Waals surface area contributed by atoms with Gasteiger partial charge in [-0.2, -0.15) is 0 Å². The molecule has 2 amide bonds. The smallest absolute Gasteiger partial charge is 0.321 e. The Hall–Kier alpha value is -3.22. The average molecular weight is 435 g/mol. The van der Waals surface area contributed by atoms with Gasteiger partial charge in [0.05, 0.1) is 11.4 Å². The topological polar surface area (TPSA) is 71.3 Å². The fourth-order valence-electron chi connectivity index (χ4n) is 4.30. The third-order valence-corrected chi connectivity index (χ3v) is 6.75. The van der Waals surface area contributed by atoms with Crippen molar-refractivity contribution in [3.63, 3.8) is 0 Å². The summed E-state index contributed by atoms with van der Waals surface area (Å²) in [6, 6.07) is 10.3. The van der Waals surface area contributed by atoms with Crippen LogP contribution in [0.4, 0.5) is 14.9 Å². The van der Waals surface area contributed by atoms with Crippen molar-refractivity contribution in [3.8, 4) is 11.1 Å².